The minimum absolute atomic E-state index is 0.235. The second-order valence-corrected chi connectivity index (χ2v) is 13.3. The van der Waals surface area contributed by atoms with Gasteiger partial charge in [-0.15, -0.1) is 16.6 Å². The number of hydrogen-bond acceptors (Lipinski definition) is 8. The number of halogens is 3. The molecule has 2 aliphatic heterocycles. The number of rotatable bonds is 11. The van der Waals surface area contributed by atoms with E-state index >= 15 is 0 Å². The monoisotopic (exact) mass is 565 g/mol. The first-order valence-corrected chi connectivity index (χ1v) is 15.1. The van der Waals surface area contributed by atoms with Crippen molar-refractivity contribution in [1.82, 2.24) is 15.2 Å². The van der Waals surface area contributed by atoms with Gasteiger partial charge in [-0.3, -0.25) is 4.90 Å². The van der Waals surface area contributed by atoms with Gasteiger partial charge in [-0.2, -0.15) is 13.2 Å². The van der Waals surface area contributed by atoms with Crippen molar-refractivity contribution in [3.63, 3.8) is 0 Å². The Hall–Kier alpha value is -1.68. The van der Waals surface area contributed by atoms with Gasteiger partial charge in [0, 0.05) is 35.8 Å². The van der Waals surface area contributed by atoms with Crippen LogP contribution in [0.1, 0.15) is 12.8 Å². The number of fused-ring (bicyclic) bond motifs is 2. The molecule has 0 amide bonds. The van der Waals surface area contributed by atoms with Crippen LogP contribution in [-0.4, -0.2) is 70.9 Å². The van der Waals surface area contributed by atoms with Gasteiger partial charge in [-0.05, 0) is 43.2 Å². The predicted octanol–water partition coefficient (Wildman–Crippen LogP) is 2.79. The number of hydrogen-bond donors (Lipinski definition) is 2. The molecule has 0 spiro atoms. The highest BCUT2D eigenvalue weighted by Crippen LogP contribution is 2.31. The summed E-state index contributed by atoms with van der Waals surface area (Å²) in [5.74, 6) is 0.521. The Morgan fingerprint density at radius 2 is 1.78 bits per heavy atom. The first-order chi connectivity index (χ1) is 17.0. The largest absolute Gasteiger partial charge is 0.501 e. The van der Waals surface area contributed by atoms with E-state index in [1.54, 1.807) is 0 Å². The van der Waals surface area contributed by atoms with Gasteiger partial charge in [-0.1, -0.05) is 24.3 Å². The molecule has 198 valence electrons. The maximum absolute atomic E-state index is 12.9. The van der Waals surface area contributed by atoms with E-state index < -0.39 is 35.2 Å². The second kappa shape index (κ2) is 11.0. The average Bonchev–Trinajstić information content (AvgIpc) is 3.47. The molecule has 2 aliphatic rings. The van der Waals surface area contributed by atoms with Crippen molar-refractivity contribution >= 4 is 31.6 Å². The van der Waals surface area contributed by atoms with Crippen LogP contribution < -0.4 is 10.3 Å². The Labute approximate surface area is 212 Å². The molecule has 36 heavy (non-hydrogen) atoms. The molecule has 0 aliphatic carbocycles. The predicted molar refractivity (Wildman–Crippen MR) is 128 cm³/mol. The van der Waals surface area contributed by atoms with Crippen molar-refractivity contribution in [2.24, 2.45) is 0 Å². The summed E-state index contributed by atoms with van der Waals surface area (Å²) in [6.45, 7) is 2.24. The van der Waals surface area contributed by atoms with Crippen molar-refractivity contribution in [3.8, 4) is 0 Å². The molecular weight excluding hydrogens is 539 g/mol. The SMILES string of the molecule is O=S(=O)(NN[C@H](CCN1CC2CC1CO2)CSc1ccccc1)c1cccc(S(=O)(=O)C(F)(F)F)c1. The third-order valence-corrected chi connectivity index (χ3v) is 10.0. The smallest absolute Gasteiger partial charge is 0.375 e. The Morgan fingerprint density at radius 1 is 1.06 bits per heavy atom. The summed E-state index contributed by atoms with van der Waals surface area (Å²) in [6.07, 6.45) is 1.83. The third kappa shape index (κ3) is 6.41. The molecule has 2 unspecified atom stereocenters. The van der Waals surface area contributed by atoms with Gasteiger partial charge in [0.15, 0.2) is 0 Å². The summed E-state index contributed by atoms with van der Waals surface area (Å²) in [5, 5.41) is 0. The molecule has 4 rings (SSSR count). The number of nitrogens with one attached hydrogen (secondary N) is 2. The Bertz CT molecular complexity index is 1260. The van der Waals surface area contributed by atoms with Crippen LogP contribution in [0.5, 0.6) is 0 Å². The van der Waals surface area contributed by atoms with Crippen molar-refractivity contribution in [1.29, 1.82) is 0 Å². The quantitative estimate of drug-likeness (QED) is 0.317. The molecule has 2 aromatic carbocycles. The molecular formula is C22H26F3N3O5S3. The van der Waals surface area contributed by atoms with Gasteiger partial charge in [0.2, 0.25) is 0 Å². The van der Waals surface area contributed by atoms with Gasteiger partial charge < -0.3 is 4.74 Å². The van der Waals surface area contributed by atoms with Crippen LogP contribution in [0.2, 0.25) is 0 Å². The minimum Gasteiger partial charge on any atom is -0.375 e. The van der Waals surface area contributed by atoms with Crippen LogP contribution in [0.15, 0.2) is 69.3 Å². The zero-order chi connectivity index (χ0) is 26.0. The lowest BCUT2D eigenvalue weighted by Crippen LogP contribution is -2.47. The first-order valence-electron chi connectivity index (χ1n) is 11.2. The summed E-state index contributed by atoms with van der Waals surface area (Å²) in [4.78, 5) is 3.82. The van der Waals surface area contributed by atoms with Gasteiger partial charge in [0.05, 0.1) is 22.5 Å². The van der Waals surface area contributed by atoms with E-state index in [4.69, 9.17) is 4.74 Å². The molecule has 2 N–H and O–H groups in total. The lowest BCUT2D eigenvalue weighted by atomic mass is 10.2. The van der Waals surface area contributed by atoms with Crippen molar-refractivity contribution in [2.45, 2.75) is 51.2 Å². The average molecular weight is 566 g/mol. The molecule has 2 heterocycles. The van der Waals surface area contributed by atoms with Crippen molar-refractivity contribution in [3.05, 3.63) is 54.6 Å². The number of sulfonamides is 1. The maximum atomic E-state index is 12.9. The summed E-state index contributed by atoms with van der Waals surface area (Å²) in [7, 11) is -10.0. The van der Waals surface area contributed by atoms with Crippen LogP contribution >= 0.6 is 11.8 Å². The van der Waals surface area contributed by atoms with Crippen LogP contribution in [-0.2, 0) is 24.6 Å². The highest BCUT2D eigenvalue weighted by Gasteiger charge is 2.47. The van der Waals surface area contributed by atoms with E-state index in [-0.39, 0.29) is 12.1 Å². The summed E-state index contributed by atoms with van der Waals surface area (Å²) >= 11 is 1.54. The Morgan fingerprint density at radius 3 is 2.42 bits per heavy atom. The van der Waals surface area contributed by atoms with Gasteiger partial charge >= 0.3 is 5.51 Å². The molecule has 14 heteroatoms. The fraction of sp³-hybridized carbons (Fsp3) is 0.455. The van der Waals surface area contributed by atoms with Crippen LogP contribution in [0.4, 0.5) is 13.2 Å². The zero-order valence-corrected chi connectivity index (χ0v) is 21.5. The number of alkyl halides is 3. The number of ether oxygens (including phenoxy) is 1. The van der Waals surface area contributed by atoms with E-state index in [0.29, 0.717) is 37.0 Å². The van der Waals surface area contributed by atoms with E-state index in [1.807, 2.05) is 30.3 Å². The molecule has 2 saturated heterocycles. The van der Waals surface area contributed by atoms with Gasteiger partial charge in [0.1, 0.15) is 0 Å². The Kier molecular flexibility index (Phi) is 8.34. The highest BCUT2D eigenvalue weighted by atomic mass is 32.2. The summed E-state index contributed by atoms with van der Waals surface area (Å²) < 4.78 is 93.4. The normalized spacial score (nSPS) is 21.6. The lowest BCUT2D eigenvalue weighted by molar-refractivity contribution is -0.0436. The number of morpholine rings is 1. The minimum atomic E-state index is -5.68. The van der Waals surface area contributed by atoms with Gasteiger partial charge in [0.25, 0.3) is 19.9 Å². The molecule has 0 saturated carbocycles. The summed E-state index contributed by atoms with van der Waals surface area (Å²) in [6, 6.07) is 12.8. The number of benzene rings is 2. The number of thioether (sulfide) groups is 1. The van der Waals surface area contributed by atoms with Crippen molar-refractivity contribution < 1.29 is 34.7 Å². The molecule has 2 fully saturated rings. The van der Waals surface area contributed by atoms with Crippen LogP contribution in [0.3, 0.4) is 0 Å². The highest BCUT2D eigenvalue weighted by molar-refractivity contribution is 7.99. The number of sulfone groups is 1. The van der Waals surface area contributed by atoms with Crippen LogP contribution in [0, 0.1) is 0 Å². The zero-order valence-electron chi connectivity index (χ0n) is 19.0. The van der Waals surface area contributed by atoms with E-state index in [0.717, 1.165) is 36.5 Å². The molecule has 2 bridgehead atoms. The lowest BCUT2D eigenvalue weighted by Gasteiger charge is -2.28. The topological polar surface area (TPSA) is 105 Å². The first kappa shape index (κ1) is 27.4. The summed E-state index contributed by atoms with van der Waals surface area (Å²) in [5.41, 5.74) is -2.74. The standard InChI is InChI=1S/C22H26F3N3O5S3/c23-22(24,25)35(29,30)20-7-4-8-21(12-20)36(31,32)27-26-16(15-34-19-5-2-1-3-6-19)9-10-28-13-18-11-17(28)14-33-18/h1-8,12,16-18,26-27H,9-11,13-15H2/t16-,17?,18?/m1/s1. The molecule has 2 aromatic rings. The fourth-order valence-corrected chi connectivity index (χ4v) is 7.00. The second-order valence-electron chi connectivity index (χ2n) is 8.62. The van der Waals surface area contributed by atoms with E-state index in [9.17, 15) is 30.0 Å². The van der Waals surface area contributed by atoms with Crippen LogP contribution in [0.25, 0.3) is 0 Å². The van der Waals surface area contributed by atoms with E-state index in [2.05, 4.69) is 15.2 Å². The Balaban J connectivity index is 1.44. The molecule has 8 nitrogen and oxygen atoms in total. The van der Waals surface area contributed by atoms with Gasteiger partial charge in [-0.25, -0.2) is 22.3 Å². The molecule has 3 atom stereocenters. The maximum Gasteiger partial charge on any atom is 0.501 e. The third-order valence-electron chi connectivity index (χ3n) is 6.10. The fourth-order valence-electron chi connectivity index (χ4n) is 4.15. The molecule has 0 aromatic heterocycles. The number of likely N-dealkylation sites (tertiary alicyclic amines) is 1. The molecule has 0 radical (unpaired) electrons. The number of hydrazine groups is 1. The van der Waals surface area contributed by atoms with Crippen molar-refractivity contribution in [2.75, 3.05) is 25.4 Å². The van der Waals surface area contributed by atoms with E-state index in [1.165, 1.54) is 11.8 Å². The number of nitrogens with zero attached hydrogens (tertiary/aromatic N) is 1.